The van der Waals surface area contributed by atoms with Crippen molar-refractivity contribution in [2.75, 3.05) is 0 Å². The molecule has 0 amide bonds. The van der Waals surface area contributed by atoms with Crippen LogP contribution in [-0.2, 0) is 0 Å². The Kier molecular flexibility index (Phi) is 9.28. The van der Waals surface area contributed by atoms with Crippen LogP contribution in [0.3, 0.4) is 0 Å². The summed E-state index contributed by atoms with van der Waals surface area (Å²) in [6, 6.07) is 4.90. The van der Waals surface area contributed by atoms with Gasteiger partial charge in [-0.3, -0.25) is 0 Å². The van der Waals surface area contributed by atoms with Crippen LogP contribution < -0.4 is 0 Å². The molecule has 22 heteroatoms. The van der Waals surface area contributed by atoms with Crippen molar-refractivity contribution in [3.05, 3.63) is 165 Å². The van der Waals surface area contributed by atoms with Crippen molar-refractivity contribution in [1.29, 1.82) is 0 Å². The lowest BCUT2D eigenvalue weighted by atomic mass is 9.99. The Labute approximate surface area is 339 Å². The van der Waals surface area contributed by atoms with Gasteiger partial charge in [0.15, 0.2) is 93.1 Å². The van der Waals surface area contributed by atoms with E-state index in [0.717, 1.165) is 6.07 Å². The van der Waals surface area contributed by atoms with E-state index in [2.05, 4.69) is 0 Å². The van der Waals surface area contributed by atoms with E-state index in [1.165, 1.54) is 0 Å². The van der Waals surface area contributed by atoms with E-state index in [0.29, 0.717) is 42.5 Å². The van der Waals surface area contributed by atoms with E-state index in [-0.39, 0.29) is 9.13 Å². The molecule has 0 radical (unpaired) electrons. The quantitative estimate of drug-likeness (QED) is 0.0946. The maximum Gasteiger partial charge on any atom is 0.200 e. The van der Waals surface area contributed by atoms with Gasteiger partial charge in [0.1, 0.15) is 11.4 Å². The van der Waals surface area contributed by atoms with Crippen molar-refractivity contribution in [3.63, 3.8) is 0 Å². The minimum Gasteiger partial charge on any atom is -0.304 e. The highest BCUT2D eigenvalue weighted by molar-refractivity contribution is 6.20. The van der Waals surface area contributed by atoms with Crippen LogP contribution in [0.1, 0.15) is 0 Å². The Morgan fingerprint density at radius 3 is 0.734 bits per heavy atom. The first-order chi connectivity index (χ1) is 30.1. The van der Waals surface area contributed by atoms with Crippen LogP contribution >= 0.6 is 0 Å². The topological polar surface area (TPSA) is 9.86 Å². The Bertz CT molecular complexity index is 3280. The van der Waals surface area contributed by atoms with Gasteiger partial charge in [0.05, 0.1) is 33.2 Å². The molecule has 0 saturated heterocycles. The molecule has 0 aliphatic rings. The minimum atomic E-state index is -2.69. The summed E-state index contributed by atoms with van der Waals surface area (Å²) >= 11 is 0. The minimum absolute atomic E-state index is 0.212. The summed E-state index contributed by atoms with van der Waals surface area (Å²) < 4.78 is 297. The van der Waals surface area contributed by atoms with Crippen LogP contribution in [0.4, 0.5) is 87.8 Å². The molecular formula is C42H8F20N2. The van der Waals surface area contributed by atoms with E-state index in [4.69, 9.17) is 0 Å². The highest BCUT2D eigenvalue weighted by Crippen LogP contribution is 2.45. The van der Waals surface area contributed by atoms with Gasteiger partial charge < -0.3 is 9.13 Å². The standard InChI is InChI=1S/C42H8F20N2/c43-21-19(22(44)26(48)29(51)25(21)47)9-1-3-15-11(5-9)13-7-14-12-6-10(20-23(45)27(49)30(52)28(50)24(20)46)2-4-16(12)64(42-39(61)35(57)32(54)36(58)40(42)62)18(14)8-17(13)63(15)41-37(59)33(55)31(53)34(56)38(41)60/h1-8H. The Morgan fingerprint density at radius 2 is 0.453 bits per heavy atom. The molecule has 0 unspecified atom stereocenters. The normalized spacial score (nSPS) is 12.1. The SMILES string of the molecule is Fc1c(F)c(F)c(-c2ccc3c(c2)c2cc4c5cc(-c6c(F)c(F)c(F)c(F)c6F)ccc5n(-c5c(F)c(F)c(F)c(F)c5F)c4cc2n3-c2c(F)c(F)c(F)c(F)c2F)c(F)c1F. The Balaban J connectivity index is 1.52. The van der Waals surface area contributed by atoms with Crippen LogP contribution in [0.2, 0.25) is 0 Å². The summed E-state index contributed by atoms with van der Waals surface area (Å²) in [7, 11) is 0. The molecule has 64 heavy (non-hydrogen) atoms. The van der Waals surface area contributed by atoms with Gasteiger partial charge in [0.2, 0.25) is 23.3 Å². The molecule has 0 saturated carbocycles. The third kappa shape index (κ3) is 5.42. The Morgan fingerprint density at radius 1 is 0.219 bits per heavy atom. The zero-order valence-corrected chi connectivity index (χ0v) is 30.1. The molecule has 0 aliphatic carbocycles. The zero-order chi connectivity index (χ0) is 46.4. The molecule has 0 bridgehead atoms. The molecule has 7 aromatic carbocycles. The lowest BCUT2D eigenvalue weighted by Crippen LogP contribution is -2.10. The van der Waals surface area contributed by atoms with Gasteiger partial charge >= 0.3 is 0 Å². The molecular weight excluding hydrogens is 912 g/mol. The number of hydrogen-bond donors (Lipinski definition) is 0. The third-order valence-corrected chi connectivity index (χ3v) is 10.5. The van der Waals surface area contributed by atoms with Gasteiger partial charge in [-0.1, -0.05) is 12.1 Å². The second kappa shape index (κ2) is 14.1. The number of aromatic nitrogens is 2. The van der Waals surface area contributed by atoms with Crippen molar-refractivity contribution in [2.45, 2.75) is 0 Å². The first-order valence-corrected chi connectivity index (χ1v) is 17.3. The molecule has 0 aliphatic heterocycles. The van der Waals surface area contributed by atoms with Crippen molar-refractivity contribution in [1.82, 2.24) is 9.13 Å². The van der Waals surface area contributed by atoms with Gasteiger partial charge in [-0.05, 0) is 47.5 Å². The van der Waals surface area contributed by atoms with Crippen LogP contribution in [0.5, 0.6) is 0 Å². The van der Waals surface area contributed by atoms with E-state index < -0.39 is 194 Å². The van der Waals surface area contributed by atoms with Crippen molar-refractivity contribution >= 4 is 43.6 Å². The van der Waals surface area contributed by atoms with Gasteiger partial charge in [0.25, 0.3) is 0 Å². The van der Waals surface area contributed by atoms with Crippen LogP contribution in [0.15, 0.2) is 48.5 Å². The summed E-state index contributed by atoms with van der Waals surface area (Å²) in [5, 5.41) is -2.46. The number of nitrogens with zero attached hydrogens (tertiary/aromatic N) is 2. The van der Waals surface area contributed by atoms with Crippen LogP contribution in [-0.4, -0.2) is 9.13 Å². The molecule has 0 fully saturated rings. The molecule has 2 aromatic heterocycles. The summed E-state index contributed by atoms with van der Waals surface area (Å²) in [5.41, 5.74) is -11.9. The summed E-state index contributed by atoms with van der Waals surface area (Å²) in [6.07, 6.45) is 0. The predicted molar refractivity (Wildman–Crippen MR) is 185 cm³/mol. The van der Waals surface area contributed by atoms with Gasteiger partial charge in [-0.25, -0.2) is 87.8 Å². The third-order valence-electron chi connectivity index (χ3n) is 10.5. The smallest absolute Gasteiger partial charge is 0.200 e. The summed E-state index contributed by atoms with van der Waals surface area (Å²) in [5.74, 6) is -50.7. The van der Waals surface area contributed by atoms with E-state index in [9.17, 15) is 52.7 Å². The maximum absolute atomic E-state index is 15.7. The van der Waals surface area contributed by atoms with Crippen LogP contribution in [0, 0.1) is 116 Å². The van der Waals surface area contributed by atoms with Gasteiger partial charge in [0, 0.05) is 21.5 Å². The molecule has 0 atom stereocenters. The number of fused-ring (bicyclic) bond motifs is 6. The number of halogens is 20. The van der Waals surface area contributed by atoms with Gasteiger partial charge in [-0.15, -0.1) is 0 Å². The highest BCUT2D eigenvalue weighted by atomic mass is 19.2. The molecule has 2 heterocycles. The van der Waals surface area contributed by atoms with Crippen molar-refractivity contribution < 1.29 is 87.8 Å². The van der Waals surface area contributed by atoms with Crippen LogP contribution in [0.25, 0.3) is 77.2 Å². The van der Waals surface area contributed by atoms with E-state index >= 15 is 35.1 Å². The molecule has 9 aromatic rings. The lowest BCUT2D eigenvalue weighted by Gasteiger charge is -2.14. The molecule has 0 N–H and O–H groups in total. The lowest BCUT2D eigenvalue weighted by molar-refractivity contribution is 0.376. The number of benzene rings is 7. The number of hydrogen-bond acceptors (Lipinski definition) is 0. The van der Waals surface area contributed by atoms with Crippen molar-refractivity contribution in [2.24, 2.45) is 0 Å². The second-order valence-electron chi connectivity index (χ2n) is 13.7. The average molecular weight is 921 g/mol. The first-order valence-electron chi connectivity index (χ1n) is 17.3. The largest absolute Gasteiger partial charge is 0.304 e. The second-order valence-corrected chi connectivity index (χ2v) is 13.7. The highest BCUT2D eigenvalue weighted by Gasteiger charge is 2.34. The monoisotopic (exact) mass is 920 g/mol. The number of rotatable bonds is 4. The fraction of sp³-hybridized carbons (Fsp3) is 0. The molecule has 0 spiro atoms. The maximum atomic E-state index is 15.7. The summed E-state index contributed by atoms with van der Waals surface area (Å²) in [6.45, 7) is 0. The predicted octanol–water partition coefficient (Wildman–Crippen LogP) is 14.0. The molecule has 326 valence electrons. The van der Waals surface area contributed by atoms with E-state index in [1.807, 2.05) is 0 Å². The summed E-state index contributed by atoms with van der Waals surface area (Å²) in [4.78, 5) is 0. The Hall–Kier alpha value is -7.26. The zero-order valence-electron chi connectivity index (χ0n) is 30.1. The first kappa shape index (κ1) is 42.1. The van der Waals surface area contributed by atoms with Crippen molar-refractivity contribution in [3.8, 4) is 33.6 Å². The fourth-order valence-corrected chi connectivity index (χ4v) is 7.62. The fourth-order valence-electron chi connectivity index (χ4n) is 7.62. The average Bonchev–Trinajstić information content (AvgIpc) is 3.76. The molecule has 9 rings (SSSR count). The molecule has 2 nitrogen and oxygen atoms in total. The van der Waals surface area contributed by atoms with Gasteiger partial charge in [-0.2, -0.15) is 0 Å². The van der Waals surface area contributed by atoms with E-state index in [1.54, 1.807) is 0 Å².